The van der Waals surface area contributed by atoms with Crippen molar-refractivity contribution < 1.29 is 9.53 Å². The van der Waals surface area contributed by atoms with E-state index < -0.39 is 0 Å². The van der Waals surface area contributed by atoms with Crippen molar-refractivity contribution in [2.45, 2.75) is 0 Å². The van der Waals surface area contributed by atoms with Gasteiger partial charge in [-0.3, -0.25) is 4.79 Å². The minimum atomic E-state index is 0.0489. The number of alkyl halides is 1. The molecule has 0 atom stereocenters. The van der Waals surface area contributed by atoms with Crippen LogP contribution >= 0.6 is 15.9 Å². The van der Waals surface area contributed by atoms with Crippen LogP contribution in [-0.2, 0) is 4.79 Å². The first-order valence-electron chi connectivity index (χ1n) is 4.17. The maximum atomic E-state index is 11.0. The highest BCUT2D eigenvalue weighted by Gasteiger charge is 1.93. The molecule has 1 aromatic carbocycles. The van der Waals surface area contributed by atoms with Gasteiger partial charge in [-0.05, 0) is 23.8 Å². The Balaban J connectivity index is 2.76. The Morgan fingerprint density at radius 1 is 1.57 bits per heavy atom. The van der Waals surface area contributed by atoms with Crippen molar-refractivity contribution in [2.75, 3.05) is 12.4 Å². The lowest BCUT2D eigenvalue weighted by Crippen LogP contribution is -1.91. The molecule has 3 heteroatoms. The number of ketones is 1. The van der Waals surface area contributed by atoms with Gasteiger partial charge in [-0.15, -0.1) is 0 Å². The molecule has 0 spiro atoms. The van der Waals surface area contributed by atoms with E-state index in [-0.39, 0.29) is 5.78 Å². The summed E-state index contributed by atoms with van der Waals surface area (Å²) in [6.07, 6.45) is 3.32. The van der Waals surface area contributed by atoms with Gasteiger partial charge in [0, 0.05) is 0 Å². The van der Waals surface area contributed by atoms with Crippen LogP contribution in [0.3, 0.4) is 0 Å². The molecule has 0 aromatic heterocycles. The highest BCUT2D eigenvalue weighted by Crippen LogP contribution is 2.13. The van der Waals surface area contributed by atoms with Gasteiger partial charge in [-0.2, -0.15) is 0 Å². The van der Waals surface area contributed by atoms with Gasteiger partial charge in [0.15, 0.2) is 5.78 Å². The summed E-state index contributed by atoms with van der Waals surface area (Å²) >= 11 is 3.09. The smallest absolute Gasteiger partial charge is 0.166 e. The molecule has 0 aliphatic carbocycles. The topological polar surface area (TPSA) is 26.3 Å². The van der Waals surface area contributed by atoms with E-state index in [4.69, 9.17) is 4.74 Å². The molecule has 0 amide bonds. The second-order valence-electron chi connectivity index (χ2n) is 2.71. The van der Waals surface area contributed by atoms with Gasteiger partial charge >= 0.3 is 0 Å². The molecule has 0 fully saturated rings. The van der Waals surface area contributed by atoms with Crippen molar-refractivity contribution in [3.05, 3.63) is 35.9 Å². The highest BCUT2D eigenvalue weighted by molar-refractivity contribution is 9.09. The summed E-state index contributed by atoms with van der Waals surface area (Å²) in [5.74, 6) is 0.839. The number of methoxy groups -OCH3 is 1. The zero-order chi connectivity index (χ0) is 10.4. The fourth-order valence-electron chi connectivity index (χ4n) is 0.979. The highest BCUT2D eigenvalue weighted by atomic mass is 79.9. The monoisotopic (exact) mass is 254 g/mol. The van der Waals surface area contributed by atoms with Crippen LogP contribution in [0, 0.1) is 0 Å². The van der Waals surface area contributed by atoms with Gasteiger partial charge in [0.1, 0.15) is 5.75 Å². The largest absolute Gasteiger partial charge is 0.497 e. The van der Waals surface area contributed by atoms with E-state index >= 15 is 0 Å². The molecule has 0 aliphatic heterocycles. The maximum absolute atomic E-state index is 11.0. The number of carbonyl (C=O) groups excluding carboxylic acids is 1. The third-order valence-corrected chi connectivity index (χ3v) is 2.24. The van der Waals surface area contributed by atoms with Crippen LogP contribution in [0.1, 0.15) is 5.56 Å². The molecule has 0 heterocycles. The Bertz CT molecular complexity index is 345. The molecular weight excluding hydrogens is 244 g/mol. The van der Waals surface area contributed by atoms with Crippen LogP contribution in [0.15, 0.2) is 30.3 Å². The van der Waals surface area contributed by atoms with Crippen LogP contribution in [0.25, 0.3) is 6.08 Å². The quantitative estimate of drug-likeness (QED) is 0.610. The number of benzene rings is 1. The number of carbonyl (C=O) groups is 1. The van der Waals surface area contributed by atoms with Crippen molar-refractivity contribution in [3.8, 4) is 5.75 Å². The molecule has 0 aliphatic rings. The summed E-state index contributed by atoms with van der Waals surface area (Å²) in [4.78, 5) is 11.0. The van der Waals surface area contributed by atoms with Crippen LogP contribution in [0.4, 0.5) is 0 Å². The van der Waals surface area contributed by atoms with Crippen molar-refractivity contribution in [1.29, 1.82) is 0 Å². The SMILES string of the molecule is COc1cccc(/C=C/C(=O)CBr)c1. The predicted octanol–water partition coefficient (Wildman–Crippen LogP) is 2.67. The Morgan fingerprint density at radius 3 is 3.00 bits per heavy atom. The minimum Gasteiger partial charge on any atom is -0.497 e. The van der Waals surface area contributed by atoms with E-state index in [0.717, 1.165) is 11.3 Å². The first-order valence-corrected chi connectivity index (χ1v) is 5.29. The average Bonchev–Trinajstić information content (AvgIpc) is 2.26. The van der Waals surface area contributed by atoms with Gasteiger partial charge in [0.05, 0.1) is 12.4 Å². The first-order chi connectivity index (χ1) is 6.76. The normalized spacial score (nSPS) is 10.4. The number of hydrogen-bond acceptors (Lipinski definition) is 2. The van der Waals surface area contributed by atoms with Crippen LogP contribution in [0.2, 0.25) is 0 Å². The van der Waals surface area contributed by atoms with Crippen molar-refractivity contribution in [3.63, 3.8) is 0 Å². The molecule has 0 saturated carbocycles. The Kier molecular flexibility index (Phi) is 4.40. The maximum Gasteiger partial charge on any atom is 0.166 e. The summed E-state index contributed by atoms with van der Waals surface area (Å²) in [7, 11) is 1.62. The van der Waals surface area contributed by atoms with Crippen LogP contribution in [-0.4, -0.2) is 18.2 Å². The van der Waals surface area contributed by atoms with E-state index in [2.05, 4.69) is 15.9 Å². The molecule has 74 valence electrons. The second-order valence-corrected chi connectivity index (χ2v) is 3.27. The van der Waals surface area contributed by atoms with E-state index in [1.54, 1.807) is 19.3 Å². The van der Waals surface area contributed by atoms with Gasteiger partial charge in [-0.25, -0.2) is 0 Å². The summed E-state index contributed by atoms with van der Waals surface area (Å²) < 4.78 is 5.06. The van der Waals surface area contributed by atoms with Crippen molar-refractivity contribution in [1.82, 2.24) is 0 Å². The van der Waals surface area contributed by atoms with Gasteiger partial charge < -0.3 is 4.74 Å². The molecule has 0 unspecified atom stereocenters. The zero-order valence-corrected chi connectivity index (χ0v) is 9.45. The molecule has 2 nitrogen and oxygen atoms in total. The lowest BCUT2D eigenvalue weighted by molar-refractivity contribution is -0.112. The Morgan fingerprint density at radius 2 is 2.36 bits per heavy atom. The van der Waals surface area contributed by atoms with Crippen molar-refractivity contribution >= 4 is 27.8 Å². The number of rotatable bonds is 4. The molecule has 0 bridgehead atoms. The number of hydrogen-bond donors (Lipinski definition) is 0. The molecular formula is C11H11BrO2. The van der Waals surface area contributed by atoms with E-state index in [1.807, 2.05) is 24.3 Å². The standard InChI is InChI=1S/C11H11BrO2/c1-14-11-4-2-3-9(7-11)5-6-10(13)8-12/h2-7H,8H2,1H3/b6-5+. The molecule has 14 heavy (non-hydrogen) atoms. The van der Waals surface area contributed by atoms with Gasteiger partial charge in [0.2, 0.25) is 0 Å². The number of ether oxygens (including phenoxy) is 1. The third-order valence-electron chi connectivity index (χ3n) is 1.69. The van der Waals surface area contributed by atoms with Gasteiger partial charge in [-0.1, -0.05) is 34.1 Å². The summed E-state index contributed by atoms with van der Waals surface area (Å²) in [5.41, 5.74) is 0.957. The fraction of sp³-hybridized carbons (Fsp3) is 0.182. The number of allylic oxidation sites excluding steroid dienone is 1. The molecule has 1 aromatic rings. The molecule has 1 rings (SSSR count). The number of halogens is 1. The summed E-state index contributed by atoms with van der Waals surface area (Å²) in [5, 5.41) is 0.355. The zero-order valence-electron chi connectivity index (χ0n) is 7.87. The Hall–Kier alpha value is -1.09. The lowest BCUT2D eigenvalue weighted by atomic mass is 10.2. The Labute approximate surface area is 91.7 Å². The van der Waals surface area contributed by atoms with Crippen LogP contribution in [0.5, 0.6) is 5.75 Å². The summed E-state index contributed by atoms with van der Waals surface area (Å²) in [6.45, 7) is 0. The van der Waals surface area contributed by atoms with Crippen molar-refractivity contribution in [2.24, 2.45) is 0 Å². The molecule has 0 radical (unpaired) electrons. The third kappa shape index (κ3) is 3.34. The van der Waals surface area contributed by atoms with E-state index in [1.165, 1.54) is 0 Å². The van der Waals surface area contributed by atoms with Gasteiger partial charge in [0.25, 0.3) is 0 Å². The second kappa shape index (κ2) is 5.60. The summed E-state index contributed by atoms with van der Waals surface area (Å²) in [6, 6.07) is 7.54. The predicted molar refractivity (Wildman–Crippen MR) is 60.8 cm³/mol. The van der Waals surface area contributed by atoms with E-state index in [0.29, 0.717) is 5.33 Å². The van der Waals surface area contributed by atoms with Crippen LogP contribution < -0.4 is 4.74 Å². The molecule has 0 saturated heterocycles. The first kappa shape index (κ1) is 11.0. The fourth-order valence-corrected chi connectivity index (χ4v) is 1.17. The lowest BCUT2D eigenvalue weighted by Gasteiger charge is -1.99. The molecule has 0 N–H and O–H groups in total. The minimum absolute atomic E-state index is 0.0489. The van der Waals surface area contributed by atoms with E-state index in [9.17, 15) is 4.79 Å². The average molecular weight is 255 g/mol.